The third kappa shape index (κ3) is 6.11. The van der Waals surface area contributed by atoms with Crippen LogP contribution in [-0.4, -0.2) is 35.8 Å². The van der Waals surface area contributed by atoms with Crippen molar-refractivity contribution in [1.82, 2.24) is 4.90 Å². The van der Waals surface area contributed by atoms with E-state index in [1.54, 1.807) is 4.90 Å². The molecule has 1 atom stereocenters. The lowest BCUT2D eigenvalue weighted by Crippen LogP contribution is -2.48. The fraction of sp³-hybridized carbons (Fsp3) is 0.556. The molecule has 0 aliphatic carbocycles. The SMILES string of the molecule is CC(C)C[C@H](N)C(=O)N1CCC(C(=O)Nc2ccc(F)c(Cl)c2)CC1.Cl. The predicted molar refractivity (Wildman–Crippen MR) is 104 cm³/mol. The minimum absolute atomic E-state index is 0. The highest BCUT2D eigenvalue weighted by molar-refractivity contribution is 6.31. The molecule has 0 aromatic heterocycles. The molecule has 1 aromatic carbocycles. The second-order valence-electron chi connectivity index (χ2n) is 6.95. The summed E-state index contributed by atoms with van der Waals surface area (Å²) in [5.41, 5.74) is 6.42. The van der Waals surface area contributed by atoms with Crippen molar-refractivity contribution in [2.75, 3.05) is 18.4 Å². The molecule has 0 unspecified atom stereocenters. The van der Waals surface area contributed by atoms with Gasteiger partial charge < -0.3 is 16.0 Å². The number of nitrogens with one attached hydrogen (secondary N) is 1. The Morgan fingerprint density at radius 2 is 1.96 bits per heavy atom. The zero-order valence-corrected chi connectivity index (χ0v) is 16.6. The number of anilines is 1. The number of halogens is 3. The van der Waals surface area contributed by atoms with Crippen LogP contribution < -0.4 is 11.1 Å². The number of carbonyl (C=O) groups is 2. The van der Waals surface area contributed by atoms with Gasteiger partial charge in [0.05, 0.1) is 11.1 Å². The first-order valence-corrected chi connectivity index (χ1v) is 8.96. The number of benzene rings is 1. The summed E-state index contributed by atoms with van der Waals surface area (Å²) in [6.45, 7) is 5.11. The second kappa shape index (κ2) is 10.1. The van der Waals surface area contributed by atoms with Gasteiger partial charge in [0.25, 0.3) is 0 Å². The zero-order chi connectivity index (χ0) is 18.6. The lowest BCUT2D eigenvalue weighted by molar-refractivity contribution is -0.136. The molecule has 2 amide bonds. The topological polar surface area (TPSA) is 75.4 Å². The molecule has 0 bridgehead atoms. The molecule has 3 N–H and O–H groups in total. The van der Waals surface area contributed by atoms with Crippen molar-refractivity contribution in [1.29, 1.82) is 0 Å². The Morgan fingerprint density at radius 3 is 2.50 bits per heavy atom. The van der Waals surface area contributed by atoms with Gasteiger partial charge in [-0.25, -0.2) is 4.39 Å². The van der Waals surface area contributed by atoms with E-state index < -0.39 is 11.9 Å². The molecule has 8 heteroatoms. The van der Waals surface area contributed by atoms with Crippen LogP contribution in [0.2, 0.25) is 5.02 Å². The third-order valence-electron chi connectivity index (χ3n) is 4.41. The summed E-state index contributed by atoms with van der Waals surface area (Å²) in [4.78, 5) is 26.4. The first-order chi connectivity index (χ1) is 11.8. The normalized spacial score (nSPS) is 16.2. The molecule has 5 nitrogen and oxygen atoms in total. The zero-order valence-electron chi connectivity index (χ0n) is 15.0. The molecule has 1 aromatic rings. The van der Waals surface area contributed by atoms with Gasteiger partial charge in [0.15, 0.2) is 0 Å². The quantitative estimate of drug-likeness (QED) is 0.787. The van der Waals surface area contributed by atoms with E-state index in [9.17, 15) is 14.0 Å². The van der Waals surface area contributed by atoms with Crippen LogP contribution in [0.3, 0.4) is 0 Å². The van der Waals surface area contributed by atoms with Crippen LogP contribution in [0.15, 0.2) is 18.2 Å². The van der Waals surface area contributed by atoms with Gasteiger partial charge in [-0.15, -0.1) is 12.4 Å². The van der Waals surface area contributed by atoms with Crippen molar-refractivity contribution in [3.05, 3.63) is 29.0 Å². The highest BCUT2D eigenvalue weighted by Crippen LogP contribution is 2.23. The largest absolute Gasteiger partial charge is 0.341 e. The number of likely N-dealkylation sites (tertiary alicyclic amines) is 1. The molecule has 0 saturated carbocycles. The van der Waals surface area contributed by atoms with Crippen molar-refractivity contribution in [3.63, 3.8) is 0 Å². The van der Waals surface area contributed by atoms with Crippen LogP contribution in [0, 0.1) is 17.7 Å². The first kappa shape index (κ1) is 22.7. The van der Waals surface area contributed by atoms with Gasteiger partial charge in [-0.1, -0.05) is 25.4 Å². The van der Waals surface area contributed by atoms with Crippen LogP contribution in [0.4, 0.5) is 10.1 Å². The van der Waals surface area contributed by atoms with Crippen LogP contribution in [0.25, 0.3) is 0 Å². The highest BCUT2D eigenvalue weighted by Gasteiger charge is 2.29. The maximum absolute atomic E-state index is 13.2. The Morgan fingerprint density at radius 1 is 1.35 bits per heavy atom. The van der Waals surface area contributed by atoms with Crippen molar-refractivity contribution >= 4 is 41.5 Å². The number of nitrogens with two attached hydrogens (primary N) is 1. The number of hydrogen-bond acceptors (Lipinski definition) is 3. The fourth-order valence-corrected chi connectivity index (χ4v) is 3.20. The molecule has 1 aliphatic rings. The molecule has 26 heavy (non-hydrogen) atoms. The highest BCUT2D eigenvalue weighted by atomic mass is 35.5. The van der Waals surface area contributed by atoms with Gasteiger partial charge in [0.1, 0.15) is 5.82 Å². The smallest absolute Gasteiger partial charge is 0.239 e. The van der Waals surface area contributed by atoms with Gasteiger partial charge in [-0.2, -0.15) is 0 Å². The van der Waals surface area contributed by atoms with E-state index in [1.807, 2.05) is 13.8 Å². The van der Waals surface area contributed by atoms with Gasteiger partial charge in [-0.05, 0) is 43.4 Å². The van der Waals surface area contributed by atoms with Crippen LogP contribution in [0.5, 0.6) is 0 Å². The second-order valence-corrected chi connectivity index (χ2v) is 7.36. The van der Waals surface area contributed by atoms with E-state index in [1.165, 1.54) is 18.2 Å². The Kier molecular flexibility index (Phi) is 8.80. The van der Waals surface area contributed by atoms with E-state index in [0.717, 1.165) is 0 Å². The molecule has 1 aliphatic heterocycles. The van der Waals surface area contributed by atoms with Crippen LogP contribution >= 0.6 is 24.0 Å². The lowest BCUT2D eigenvalue weighted by Gasteiger charge is -2.33. The van der Waals surface area contributed by atoms with E-state index >= 15 is 0 Å². The average Bonchev–Trinajstić information content (AvgIpc) is 2.57. The van der Waals surface area contributed by atoms with Crippen molar-refractivity contribution < 1.29 is 14.0 Å². The van der Waals surface area contributed by atoms with E-state index in [2.05, 4.69) is 5.32 Å². The molecule has 146 valence electrons. The number of rotatable bonds is 5. The summed E-state index contributed by atoms with van der Waals surface area (Å²) in [7, 11) is 0. The van der Waals surface area contributed by atoms with Crippen molar-refractivity contribution in [2.45, 2.75) is 39.2 Å². The number of amides is 2. The molecule has 1 heterocycles. The van der Waals surface area contributed by atoms with Crippen molar-refractivity contribution in [3.8, 4) is 0 Å². The summed E-state index contributed by atoms with van der Waals surface area (Å²) >= 11 is 5.72. The standard InChI is InChI=1S/C18H25ClFN3O2.ClH/c1-11(2)9-16(21)18(25)23-7-5-12(6-8-23)17(24)22-13-3-4-15(20)14(19)10-13;/h3-4,10-12,16H,5-9,21H2,1-2H3,(H,22,24);1H/t16-;/m0./s1. The fourth-order valence-electron chi connectivity index (χ4n) is 3.02. The Hall–Kier alpha value is -1.37. The Labute approximate surface area is 164 Å². The summed E-state index contributed by atoms with van der Waals surface area (Å²) in [6, 6.07) is 3.60. The average molecular weight is 406 g/mol. The molecule has 1 saturated heterocycles. The van der Waals surface area contributed by atoms with Gasteiger partial charge in [0, 0.05) is 24.7 Å². The Bertz CT molecular complexity index is 635. The molecule has 0 spiro atoms. The molecule has 1 fully saturated rings. The van der Waals surface area contributed by atoms with Crippen LogP contribution in [-0.2, 0) is 9.59 Å². The number of nitrogens with zero attached hydrogens (tertiary/aromatic N) is 1. The van der Waals surface area contributed by atoms with Gasteiger partial charge >= 0.3 is 0 Å². The minimum atomic E-state index is -0.524. The minimum Gasteiger partial charge on any atom is -0.341 e. The van der Waals surface area contributed by atoms with Gasteiger partial charge in [0.2, 0.25) is 11.8 Å². The van der Waals surface area contributed by atoms with Crippen LogP contribution in [0.1, 0.15) is 33.1 Å². The summed E-state index contributed by atoms with van der Waals surface area (Å²) in [6.07, 6.45) is 1.83. The predicted octanol–water partition coefficient (Wildman–Crippen LogP) is 3.45. The lowest BCUT2D eigenvalue weighted by atomic mass is 9.94. The summed E-state index contributed by atoms with van der Waals surface area (Å²) in [5.74, 6) is -0.526. The third-order valence-corrected chi connectivity index (χ3v) is 4.70. The number of carbonyl (C=O) groups excluding carboxylic acids is 2. The van der Waals surface area contributed by atoms with Gasteiger partial charge in [-0.3, -0.25) is 9.59 Å². The molecule has 2 rings (SSSR count). The Balaban J connectivity index is 0.00000338. The monoisotopic (exact) mass is 405 g/mol. The van der Waals surface area contributed by atoms with E-state index in [4.69, 9.17) is 17.3 Å². The molecular weight excluding hydrogens is 380 g/mol. The first-order valence-electron chi connectivity index (χ1n) is 8.58. The van der Waals surface area contributed by atoms with Crippen molar-refractivity contribution in [2.24, 2.45) is 17.6 Å². The number of piperidine rings is 1. The van der Waals surface area contributed by atoms with E-state index in [0.29, 0.717) is 44.0 Å². The summed E-state index contributed by atoms with van der Waals surface area (Å²) in [5, 5.41) is 2.72. The molecule has 0 radical (unpaired) electrons. The molecular formula is C18H26Cl2FN3O2. The number of hydrogen-bond donors (Lipinski definition) is 2. The van der Waals surface area contributed by atoms with E-state index in [-0.39, 0.29) is 35.2 Å². The maximum Gasteiger partial charge on any atom is 0.239 e. The summed E-state index contributed by atoms with van der Waals surface area (Å²) < 4.78 is 13.2. The maximum atomic E-state index is 13.2.